The number of halogens is 2. The Balaban J connectivity index is 1.71. The molecule has 7 nitrogen and oxygen atoms in total. The van der Waals surface area contributed by atoms with E-state index in [4.69, 9.17) is 23.2 Å². The van der Waals surface area contributed by atoms with Crippen LogP contribution >= 0.6 is 23.2 Å². The van der Waals surface area contributed by atoms with Gasteiger partial charge in [0, 0.05) is 30.9 Å². The van der Waals surface area contributed by atoms with Crippen LogP contribution in [0.2, 0.25) is 10.0 Å². The summed E-state index contributed by atoms with van der Waals surface area (Å²) in [6.45, 7) is 1.86. The van der Waals surface area contributed by atoms with Crippen molar-refractivity contribution < 1.29 is 9.59 Å². The monoisotopic (exact) mass is 551 g/mol. The average molecular weight is 553 g/mol. The molecule has 198 valence electrons. The Kier molecular flexibility index (Phi) is 11.0. The molecule has 0 aliphatic heterocycles. The Hall–Kier alpha value is -3.57. The normalized spacial score (nSPS) is 10.6. The predicted molar refractivity (Wildman–Crippen MR) is 155 cm³/mol. The molecule has 0 spiro atoms. The molecule has 0 aliphatic carbocycles. The van der Waals surface area contributed by atoms with Crippen LogP contribution in [0.4, 0.5) is 16.2 Å². The van der Waals surface area contributed by atoms with E-state index >= 15 is 0 Å². The van der Waals surface area contributed by atoms with E-state index < -0.39 is 0 Å². The van der Waals surface area contributed by atoms with Crippen LogP contribution in [0.5, 0.6) is 0 Å². The maximum Gasteiger partial charge on any atom is 0.326 e. The van der Waals surface area contributed by atoms with E-state index in [1.54, 1.807) is 29.2 Å². The minimum Gasteiger partial charge on any atom is -0.356 e. The molecular formula is C29H31Cl2N5O2. The number of carbonyl (C=O) groups excluding carboxylic acids is 2. The number of hydrogen-bond donors (Lipinski definition) is 2. The first-order valence-corrected chi connectivity index (χ1v) is 13.1. The van der Waals surface area contributed by atoms with Crippen LogP contribution < -0.4 is 15.5 Å². The molecule has 3 rings (SSSR count). The summed E-state index contributed by atoms with van der Waals surface area (Å²) in [6, 6.07) is 21.5. The van der Waals surface area contributed by atoms with Gasteiger partial charge in [-0.1, -0.05) is 47.5 Å². The molecule has 2 N–H and O–H groups in total. The lowest BCUT2D eigenvalue weighted by Gasteiger charge is -2.24. The number of amides is 3. The third kappa shape index (κ3) is 8.77. The summed E-state index contributed by atoms with van der Waals surface area (Å²) in [7, 11) is 3.99. The van der Waals surface area contributed by atoms with E-state index in [-0.39, 0.29) is 11.9 Å². The average Bonchev–Trinajstić information content (AvgIpc) is 2.91. The lowest BCUT2D eigenvalue weighted by molar-refractivity contribution is -0.121. The van der Waals surface area contributed by atoms with Crippen molar-refractivity contribution in [3.8, 4) is 17.2 Å². The minimum atomic E-state index is -0.353. The van der Waals surface area contributed by atoms with Gasteiger partial charge in [-0.05, 0) is 87.1 Å². The van der Waals surface area contributed by atoms with Gasteiger partial charge in [0.25, 0.3) is 0 Å². The smallest absolute Gasteiger partial charge is 0.326 e. The molecule has 0 fully saturated rings. The van der Waals surface area contributed by atoms with E-state index in [1.807, 2.05) is 56.6 Å². The highest BCUT2D eigenvalue weighted by atomic mass is 35.5. The van der Waals surface area contributed by atoms with Crippen LogP contribution in [0.1, 0.15) is 24.8 Å². The lowest BCUT2D eigenvalue weighted by atomic mass is 10.0. The molecule has 3 aromatic carbocycles. The minimum absolute atomic E-state index is 0.0404. The van der Waals surface area contributed by atoms with Gasteiger partial charge >= 0.3 is 6.03 Å². The molecular weight excluding hydrogens is 521 g/mol. The topological polar surface area (TPSA) is 88.5 Å². The molecule has 38 heavy (non-hydrogen) atoms. The molecule has 0 atom stereocenters. The number of urea groups is 1. The summed E-state index contributed by atoms with van der Waals surface area (Å²) in [5.41, 5.74) is 3.60. The molecule has 0 aromatic heterocycles. The molecule has 9 heteroatoms. The van der Waals surface area contributed by atoms with Crippen molar-refractivity contribution in [1.82, 2.24) is 10.2 Å². The van der Waals surface area contributed by atoms with Crippen LogP contribution in [0, 0.1) is 11.3 Å². The van der Waals surface area contributed by atoms with Crippen molar-refractivity contribution in [1.29, 1.82) is 5.26 Å². The van der Waals surface area contributed by atoms with Gasteiger partial charge in [0.2, 0.25) is 5.91 Å². The summed E-state index contributed by atoms with van der Waals surface area (Å²) in [5, 5.41) is 15.7. The highest BCUT2D eigenvalue weighted by Gasteiger charge is 2.17. The van der Waals surface area contributed by atoms with Crippen molar-refractivity contribution >= 4 is 46.5 Å². The number of nitriles is 1. The quantitative estimate of drug-likeness (QED) is 0.269. The second kappa shape index (κ2) is 14.4. The first-order chi connectivity index (χ1) is 18.3. The van der Waals surface area contributed by atoms with Crippen LogP contribution in [0.25, 0.3) is 11.1 Å². The van der Waals surface area contributed by atoms with E-state index in [0.717, 1.165) is 24.1 Å². The van der Waals surface area contributed by atoms with Gasteiger partial charge in [0.05, 0.1) is 21.7 Å². The fourth-order valence-electron chi connectivity index (χ4n) is 3.82. The van der Waals surface area contributed by atoms with Gasteiger partial charge < -0.3 is 15.5 Å². The van der Waals surface area contributed by atoms with Gasteiger partial charge in [-0.2, -0.15) is 5.26 Å². The summed E-state index contributed by atoms with van der Waals surface area (Å²) in [6.07, 6.45) is 1.67. The Morgan fingerprint density at radius 1 is 0.895 bits per heavy atom. The SMILES string of the molecule is CN(C)CCCNC(=O)CCCN(C(=O)Nc1ccc(Cl)c(Cl)c1)c1ccc(-c2cccc(C#N)c2)cc1. The maximum atomic E-state index is 13.3. The first kappa shape index (κ1) is 29.0. The standard InChI is InChI=1S/C29H31Cl2N5O2/c1-35(2)16-5-15-33-28(37)8-4-17-36(29(38)34-24-11-14-26(30)27(31)19-24)25-12-9-22(10-13-25)23-7-3-6-21(18-23)20-32/h3,6-7,9-14,18-19H,4-5,8,15-17H2,1-2H3,(H,33,37)(H,34,38). The van der Waals surface area contributed by atoms with Crippen molar-refractivity contribution in [3.63, 3.8) is 0 Å². The molecule has 0 saturated carbocycles. The van der Waals surface area contributed by atoms with Gasteiger partial charge in [-0.3, -0.25) is 9.69 Å². The summed E-state index contributed by atoms with van der Waals surface area (Å²) >= 11 is 12.1. The number of anilines is 2. The summed E-state index contributed by atoms with van der Waals surface area (Å²) < 4.78 is 0. The van der Waals surface area contributed by atoms with Gasteiger partial charge in [0.1, 0.15) is 0 Å². The third-order valence-electron chi connectivity index (χ3n) is 5.81. The highest BCUT2D eigenvalue weighted by Crippen LogP contribution is 2.27. The zero-order chi connectivity index (χ0) is 27.5. The number of nitrogens with zero attached hydrogens (tertiary/aromatic N) is 3. The van der Waals surface area contributed by atoms with Gasteiger partial charge in [0.15, 0.2) is 0 Å². The maximum absolute atomic E-state index is 13.3. The fourth-order valence-corrected chi connectivity index (χ4v) is 4.12. The van der Waals surface area contributed by atoms with E-state index in [1.165, 1.54) is 0 Å². The fraction of sp³-hybridized carbons (Fsp3) is 0.276. The number of carbonyl (C=O) groups is 2. The second-order valence-electron chi connectivity index (χ2n) is 9.06. The van der Waals surface area contributed by atoms with Crippen LogP contribution in [-0.4, -0.2) is 50.6 Å². The molecule has 0 radical (unpaired) electrons. The molecule has 0 saturated heterocycles. The lowest BCUT2D eigenvalue weighted by Crippen LogP contribution is -2.36. The van der Waals surface area contributed by atoms with Crippen molar-refractivity contribution in [2.45, 2.75) is 19.3 Å². The largest absolute Gasteiger partial charge is 0.356 e. The Morgan fingerprint density at radius 2 is 1.66 bits per heavy atom. The van der Waals surface area contributed by atoms with E-state index in [9.17, 15) is 14.9 Å². The van der Waals surface area contributed by atoms with Crippen LogP contribution in [0.3, 0.4) is 0 Å². The predicted octanol–water partition coefficient (Wildman–Crippen LogP) is 6.42. The zero-order valence-electron chi connectivity index (χ0n) is 21.5. The Labute approximate surface area is 234 Å². The number of hydrogen-bond acceptors (Lipinski definition) is 4. The third-order valence-corrected chi connectivity index (χ3v) is 6.55. The molecule has 0 bridgehead atoms. The molecule has 0 heterocycles. The van der Waals surface area contributed by atoms with Crippen molar-refractivity contribution in [3.05, 3.63) is 82.3 Å². The van der Waals surface area contributed by atoms with Crippen LogP contribution in [-0.2, 0) is 4.79 Å². The molecule has 0 aliphatic rings. The zero-order valence-corrected chi connectivity index (χ0v) is 23.0. The Bertz CT molecular complexity index is 1290. The number of benzene rings is 3. The van der Waals surface area contributed by atoms with E-state index in [0.29, 0.717) is 52.9 Å². The number of nitrogens with one attached hydrogen (secondary N) is 2. The summed E-state index contributed by atoms with van der Waals surface area (Å²) in [5.74, 6) is -0.0404. The Morgan fingerprint density at radius 3 is 2.34 bits per heavy atom. The molecule has 3 amide bonds. The molecule has 3 aromatic rings. The second-order valence-corrected chi connectivity index (χ2v) is 9.87. The van der Waals surface area contributed by atoms with E-state index in [2.05, 4.69) is 21.6 Å². The first-order valence-electron chi connectivity index (χ1n) is 12.3. The van der Waals surface area contributed by atoms with Crippen molar-refractivity contribution in [2.75, 3.05) is 43.9 Å². The highest BCUT2D eigenvalue weighted by molar-refractivity contribution is 6.42. The molecule has 0 unspecified atom stereocenters. The summed E-state index contributed by atoms with van der Waals surface area (Å²) in [4.78, 5) is 29.3. The van der Waals surface area contributed by atoms with Gasteiger partial charge in [-0.25, -0.2) is 4.79 Å². The van der Waals surface area contributed by atoms with Crippen molar-refractivity contribution in [2.24, 2.45) is 0 Å². The van der Waals surface area contributed by atoms with Gasteiger partial charge in [-0.15, -0.1) is 0 Å². The van der Waals surface area contributed by atoms with Crippen LogP contribution in [0.15, 0.2) is 66.7 Å². The number of rotatable bonds is 11.